The summed E-state index contributed by atoms with van der Waals surface area (Å²) in [6, 6.07) is 12.5. The third kappa shape index (κ3) is 4.65. The molecule has 148 valence electrons. The number of hydrogen-bond donors (Lipinski definition) is 1. The number of halogens is 2. The van der Waals surface area contributed by atoms with Gasteiger partial charge >= 0.3 is 5.97 Å². The van der Waals surface area contributed by atoms with Crippen LogP contribution in [0.1, 0.15) is 17.2 Å². The Morgan fingerprint density at radius 3 is 2.72 bits per heavy atom. The van der Waals surface area contributed by atoms with Crippen molar-refractivity contribution >= 4 is 23.4 Å². The predicted octanol–water partition coefficient (Wildman–Crippen LogP) is 3.65. The van der Waals surface area contributed by atoms with Gasteiger partial charge < -0.3 is 14.8 Å². The van der Waals surface area contributed by atoms with Crippen LogP contribution < -0.4 is 5.32 Å². The second kappa shape index (κ2) is 9.37. The van der Waals surface area contributed by atoms with Gasteiger partial charge in [0, 0.05) is 16.1 Å². The summed E-state index contributed by atoms with van der Waals surface area (Å²) >= 11 is 6.28. The number of rotatable bonds is 6. The lowest BCUT2D eigenvalue weighted by Crippen LogP contribution is -2.35. The van der Waals surface area contributed by atoms with Crippen molar-refractivity contribution in [2.24, 2.45) is 4.99 Å². The van der Waals surface area contributed by atoms with E-state index in [1.54, 1.807) is 0 Å². The fourth-order valence-corrected chi connectivity index (χ4v) is 3.23. The highest BCUT2D eigenvalue weighted by atomic mass is 35.5. The molecule has 0 aromatic heterocycles. The van der Waals surface area contributed by atoms with E-state index < -0.39 is 17.8 Å². The Labute approximate surface area is 173 Å². The molecule has 2 aromatic rings. The molecule has 0 aliphatic carbocycles. The van der Waals surface area contributed by atoms with E-state index in [0.717, 1.165) is 5.56 Å². The van der Waals surface area contributed by atoms with Crippen LogP contribution in [0.15, 0.2) is 64.8 Å². The second-order valence-corrected chi connectivity index (χ2v) is 6.53. The van der Waals surface area contributed by atoms with Crippen molar-refractivity contribution in [2.45, 2.75) is 6.04 Å². The molecule has 0 saturated heterocycles. The molecule has 0 saturated carbocycles. The maximum Gasteiger partial charge on any atom is 0.338 e. The molecule has 1 atom stereocenters. The molecule has 5 nitrogen and oxygen atoms in total. The molecule has 1 aliphatic rings. The van der Waals surface area contributed by atoms with Crippen LogP contribution in [-0.2, 0) is 14.3 Å². The van der Waals surface area contributed by atoms with Gasteiger partial charge in [0.05, 0.1) is 25.0 Å². The predicted molar refractivity (Wildman–Crippen MR) is 109 cm³/mol. The van der Waals surface area contributed by atoms with Crippen molar-refractivity contribution in [1.82, 2.24) is 5.32 Å². The summed E-state index contributed by atoms with van der Waals surface area (Å²) in [5, 5.41) is 3.29. The van der Waals surface area contributed by atoms with Gasteiger partial charge in [-0.25, -0.2) is 9.18 Å². The molecule has 0 fully saturated rings. The average Bonchev–Trinajstić information content (AvgIpc) is 2.73. The Balaban J connectivity index is 2.15. The van der Waals surface area contributed by atoms with Crippen LogP contribution in [0.25, 0.3) is 0 Å². The van der Waals surface area contributed by atoms with Crippen LogP contribution in [0.5, 0.6) is 0 Å². The smallest absolute Gasteiger partial charge is 0.338 e. The zero-order valence-corrected chi connectivity index (χ0v) is 16.4. The van der Waals surface area contributed by atoms with Gasteiger partial charge in [-0.05, 0) is 12.1 Å². The molecule has 1 heterocycles. The first-order valence-electron chi connectivity index (χ1n) is 8.73. The van der Waals surface area contributed by atoms with Crippen molar-refractivity contribution in [2.75, 3.05) is 20.3 Å². The maximum absolute atomic E-state index is 13.6. The van der Waals surface area contributed by atoms with Gasteiger partial charge in [0.2, 0.25) is 0 Å². The third-order valence-electron chi connectivity index (χ3n) is 4.27. The molecule has 1 aliphatic heterocycles. The molecule has 29 heavy (non-hydrogen) atoms. The molecular formula is C22H18ClFN2O3. The van der Waals surface area contributed by atoms with Crippen molar-refractivity contribution in [3.8, 4) is 12.3 Å². The van der Waals surface area contributed by atoms with Gasteiger partial charge in [-0.3, -0.25) is 4.99 Å². The van der Waals surface area contributed by atoms with Crippen LogP contribution in [0, 0.1) is 18.2 Å². The summed E-state index contributed by atoms with van der Waals surface area (Å²) in [5.41, 5.74) is 1.94. The fourth-order valence-electron chi connectivity index (χ4n) is 2.96. The summed E-state index contributed by atoms with van der Waals surface area (Å²) in [7, 11) is 1.27. The fraction of sp³-hybridized carbons (Fsp3) is 0.182. The Kier molecular flexibility index (Phi) is 6.65. The first-order valence-corrected chi connectivity index (χ1v) is 9.10. The molecule has 0 spiro atoms. The molecule has 0 amide bonds. The SMILES string of the molecule is C#CCOCC1=C(C(=O)OC)C(c2ccc(F)cc2Cl)N=C(c2ccccc2)N1. The minimum absolute atomic E-state index is 0.0375. The van der Waals surface area contributed by atoms with E-state index in [2.05, 4.69) is 16.2 Å². The van der Waals surface area contributed by atoms with Crippen LogP contribution in [0.4, 0.5) is 4.39 Å². The molecule has 0 bridgehead atoms. The second-order valence-electron chi connectivity index (χ2n) is 6.12. The largest absolute Gasteiger partial charge is 0.466 e. The minimum atomic E-state index is -0.809. The van der Waals surface area contributed by atoms with Gasteiger partial charge in [-0.1, -0.05) is 53.9 Å². The van der Waals surface area contributed by atoms with Gasteiger partial charge in [0.1, 0.15) is 24.3 Å². The standard InChI is InChI=1S/C22H18ClFN2O3/c1-3-11-29-13-18-19(22(27)28-2)20(16-10-9-15(24)12-17(16)23)26-21(25-18)14-7-5-4-6-8-14/h1,4-10,12,20H,11,13H2,2H3,(H,25,26). The summed E-state index contributed by atoms with van der Waals surface area (Å²) < 4.78 is 24.0. The average molecular weight is 413 g/mol. The summed E-state index contributed by atoms with van der Waals surface area (Å²) in [6.45, 7) is 0.106. The zero-order chi connectivity index (χ0) is 20.8. The summed E-state index contributed by atoms with van der Waals surface area (Å²) in [4.78, 5) is 17.3. The van der Waals surface area contributed by atoms with Gasteiger partial charge in [0.25, 0.3) is 0 Å². The summed E-state index contributed by atoms with van der Waals surface area (Å²) in [5.74, 6) is 1.82. The van der Waals surface area contributed by atoms with E-state index in [9.17, 15) is 9.18 Å². The van der Waals surface area contributed by atoms with E-state index in [1.165, 1.54) is 25.3 Å². The first kappa shape index (κ1) is 20.6. The zero-order valence-electron chi connectivity index (χ0n) is 15.6. The molecule has 1 N–H and O–H groups in total. The number of terminal acetylenes is 1. The van der Waals surface area contributed by atoms with Crippen LogP contribution in [-0.4, -0.2) is 32.1 Å². The van der Waals surface area contributed by atoms with Crippen molar-refractivity contribution in [3.63, 3.8) is 0 Å². The number of nitrogens with one attached hydrogen (secondary N) is 1. The number of benzene rings is 2. The monoisotopic (exact) mass is 412 g/mol. The Bertz CT molecular complexity index is 1010. The normalized spacial score (nSPS) is 15.9. The van der Waals surface area contributed by atoms with Crippen molar-refractivity contribution < 1.29 is 18.7 Å². The molecule has 3 rings (SSSR count). The number of nitrogens with zero attached hydrogens (tertiary/aromatic N) is 1. The molecular weight excluding hydrogens is 395 g/mol. The van der Waals surface area contributed by atoms with Crippen molar-refractivity contribution in [3.05, 3.63) is 81.8 Å². The number of carbonyl (C=O) groups excluding carboxylic acids is 1. The number of methoxy groups -OCH3 is 1. The number of ether oxygens (including phenoxy) is 2. The van der Waals surface area contributed by atoms with Gasteiger partial charge in [-0.15, -0.1) is 6.42 Å². The van der Waals surface area contributed by atoms with Crippen LogP contribution in [0.2, 0.25) is 5.02 Å². The highest BCUT2D eigenvalue weighted by Gasteiger charge is 2.33. The lowest BCUT2D eigenvalue weighted by atomic mass is 9.95. The molecule has 7 heteroatoms. The van der Waals surface area contributed by atoms with E-state index in [-0.39, 0.29) is 23.8 Å². The topological polar surface area (TPSA) is 59.9 Å². The van der Waals surface area contributed by atoms with Gasteiger partial charge in [-0.2, -0.15) is 0 Å². The maximum atomic E-state index is 13.6. The number of esters is 1. The Morgan fingerprint density at radius 2 is 2.07 bits per heavy atom. The number of aliphatic imine (C=N–C) groups is 1. The third-order valence-corrected chi connectivity index (χ3v) is 4.59. The quantitative estimate of drug-likeness (QED) is 0.447. The number of hydrogen-bond acceptors (Lipinski definition) is 5. The molecule has 1 unspecified atom stereocenters. The Hall–Kier alpha value is -3.14. The first-order chi connectivity index (χ1) is 14.0. The molecule has 2 aromatic carbocycles. The highest BCUT2D eigenvalue weighted by molar-refractivity contribution is 6.31. The van der Waals surface area contributed by atoms with Gasteiger partial charge in [0.15, 0.2) is 0 Å². The van der Waals surface area contributed by atoms with E-state index in [0.29, 0.717) is 17.1 Å². The lowest BCUT2D eigenvalue weighted by molar-refractivity contribution is -0.136. The van der Waals surface area contributed by atoms with E-state index >= 15 is 0 Å². The molecule has 0 radical (unpaired) electrons. The van der Waals surface area contributed by atoms with Crippen LogP contribution >= 0.6 is 11.6 Å². The lowest BCUT2D eigenvalue weighted by Gasteiger charge is -2.28. The van der Waals surface area contributed by atoms with E-state index in [4.69, 9.17) is 27.5 Å². The Morgan fingerprint density at radius 1 is 1.31 bits per heavy atom. The number of amidine groups is 1. The summed E-state index contributed by atoms with van der Waals surface area (Å²) in [6.07, 6.45) is 5.26. The number of carbonyl (C=O) groups is 1. The van der Waals surface area contributed by atoms with Crippen molar-refractivity contribution in [1.29, 1.82) is 0 Å². The highest BCUT2D eigenvalue weighted by Crippen LogP contribution is 2.36. The van der Waals surface area contributed by atoms with Crippen LogP contribution in [0.3, 0.4) is 0 Å². The van der Waals surface area contributed by atoms with E-state index in [1.807, 2.05) is 30.3 Å². The minimum Gasteiger partial charge on any atom is -0.466 e.